The summed E-state index contributed by atoms with van der Waals surface area (Å²) in [7, 11) is -2.47. The van der Waals surface area contributed by atoms with Crippen molar-refractivity contribution in [1.82, 2.24) is 9.97 Å². The van der Waals surface area contributed by atoms with Gasteiger partial charge in [0, 0.05) is 25.0 Å². The molecule has 2 aliphatic heterocycles. The highest BCUT2D eigenvalue weighted by Gasteiger charge is 2.34. The van der Waals surface area contributed by atoms with E-state index in [2.05, 4.69) is 29.3 Å². The van der Waals surface area contributed by atoms with Crippen molar-refractivity contribution in [3.63, 3.8) is 0 Å². The van der Waals surface area contributed by atoms with Gasteiger partial charge in [-0.15, -0.1) is 0 Å². The normalized spacial score (nSPS) is 23.6. The zero-order chi connectivity index (χ0) is 23.3. The molecule has 1 aromatic heterocycles. The van der Waals surface area contributed by atoms with Crippen molar-refractivity contribution in [2.75, 3.05) is 42.3 Å². The summed E-state index contributed by atoms with van der Waals surface area (Å²) >= 11 is 0. The van der Waals surface area contributed by atoms with Gasteiger partial charge in [-0.2, -0.15) is 4.98 Å². The van der Waals surface area contributed by atoms with Crippen LogP contribution in [-0.2, 0) is 21.0 Å². The number of hydrogen-bond acceptors (Lipinski definition) is 8. The number of nitrogens with zero attached hydrogens (tertiary/aromatic N) is 4. The van der Waals surface area contributed by atoms with E-state index in [1.54, 1.807) is 0 Å². The molecule has 3 N–H and O–H groups in total. The number of nitrogens with one attached hydrogen (secondary N) is 1. The number of nitrogens with two attached hydrogens (primary N) is 1. The fourth-order valence-corrected chi connectivity index (χ4v) is 6.94. The van der Waals surface area contributed by atoms with Crippen LogP contribution in [-0.4, -0.2) is 57.8 Å². The Kier molecular flexibility index (Phi) is 5.24. The van der Waals surface area contributed by atoms with E-state index in [1.807, 2.05) is 30.3 Å². The van der Waals surface area contributed by atoms with Crippen molar-refractivity contribution >= 4 is 32.4 Å². The Morgan fingerprint density at radius 1 is 1.24 bits per heavy atom. The molecule has 1 aliphatic carbocycles. The van der Waals surface area contributed by atoms with Crippen LogP contribution < -0.4 is 16.0 Å². The van der Waals surface area contributed by atoms with Gasteiger partial charge in [-0.1, -0.05) is 29.8 Å². The second-order valence-electron chi connectivity index (χ2n) is 9.81. The largest absolute Gasteiger partial charge is 0.377 e. The third kappa shape index (κ3) is 4.12. The van der Waals surface area contributed by atoms with Crippen LogP contribution in [0.3, 0.4) is 0 Å². The maximum absolute atomic E-state index is 14.0. The number of hydrogen-bond donors (Lipinski definition) is 2. The third-order valence-corrected chi connectivity index (χ3v) is 9.15. The molecule has 8 nitrogen and oxygen atoms in total. The van der Waals surface area contributed by atoms with Crippen molar-refractivity contribution in [3.05, 3.63) is 53.6 Å². The van der Waals surface area contributed by atoms with Crippen LogP contribution >= 0.6 is 0 Å². The molecule has 1 unspecified atom stereocenters. The summed E-state index contributed by atoms with van der Waals surface area (Å²) in [5.74, 6) is 1.86. The van der Waals surface area contributed by atoms with Crippen molar-refractivity contribution < 1.29 is 8.95 Å². The van der Waals surface area contributed by atoms with E-state index in [4.69, 9.17) is 24.8 Å². The lowest BCUT2D eigenvalue weighted by molar-refractivity contribution is -0.0461. The summed E-state index contributed by atoms with van der Waals surface area (Å²) in [6.45, 7) is 4.89. The number of aryl methyl sites for hydroxylation is 1. The van der Waals surface area contributed by atoms with Gasteiger partial charge in [-0.05, 0) is 43.5 Å². The van der Waals surface area contributed by atoms with Crippen molar-refractivity contribution in [2.45, 2.75) is 42.8 Å². The van der Waals surface area contributed by atoms with Gasteiger partial charge >= 0.3 is 0 Å². The SMILES string of the molecule is Cc1ccc2nc(N3CCS(=O)(=NC4CC4)c4ccccc4C3)nc(NCC3(N)COC3)c2c1. The zero-order valence-corrected chi connectivity index (χ0v) is 20.2. The summed E-state index contributed by atoms with van der Waals surface area (Å²) in [5, 5.41) is 4.43. The van der Waals surface area contributed by atoms with Crippen LogP contribution in [0.25, 0.3) is 10.9 Å². The molecule has 0 amide bonds. The Labute approximate surface area is 200 Å². The number of fused-ring (bicyclic) bond motifs is 2. The molecule has 178 valence electrons. The van der Waals surface area contributed by atoms with E-state index in [-0.39, 0.29) is 11.6 Å². The predicted octanol–water partition coefficient (Wildman–Crippen LogP) is 3.09. The minimum Gasteiger partial charge on any atom is -0.377 e. The van der Waals surface area contributed by atoms with Crippen molar-refractivity contribution in [3.8, 4) is 0 Å². The van der Waals surface area contributed by atoms with E-state index >= 15 is 0 Å². The molecule has 2 aromatic carbocycles. The van der Waals surface area contributed by atoms with Crippen LogP contribution in [0.1, 0.15) is 24.0 Å². The van der Waals surface area contributed by atoms with Crippen molar-refractivity contribution in [2.24, 2.45) is 10.1 Å². The second-order valence-corrected chi connectivity index (χ2v) is 12.2. The summed E-state index contributed by atoms with van der Waals surface area (Å²) in [4.78, 5) is 12.9. The van der Waals surface area contributed by atoms with Crippen LogP contribution in [0.5, 0.6) is 0 Å². The van der Waals surface area contributed by atoms with Gasteiger partial charge in [0.05, 0.1) is 50.7 Å². The number of benzene rings is 2. The molecule has 3 aromatic rings. The number of ether oxygens (including phenoxy) is 1. The molecular formula is C25H30N6O2S. The lowest BCUT2D eigenvalue weighted by Gasteiger charge is -2.38. The van der Waals surface area contributed by atoms with Crippen LogP contribution in [0.2, 0.25) is 0 Å². The summed E-state index contributed by atoms with van der Waals surface area (Å²) in [6.07, 6.45) is 2.08. The maximum Gasteiger partial charge on any atom is 0.228 e. The van der Waals surface area contributed by atoms with E-state index in [0.717, 1.165) is 45.6 Å². The predicted molar refractivity (Wildman–Crippen MR) is 135 cm³/mol. The van der Waals surface area contributed by atoms with Crippen LogP contribution in [0.15, 0.2) is 51.7 Å². The molecule has 2 fully saturated rings. The van der Waals surface area contributed by atoms with Gasteiger partial charge in [0.2, 0.25) is 5.95 Å². The molecule has 3 heterocycles. The third-order valence-electron chi connectivity index (χ3n) is 6.69. The van der Waals surface area contributed by atoms with E-state index in [0.29, 0.717) is 44.5 Å². The Morgan fingerprint density at radius 2 is 2.06 bits per heavy atom. The van der Waals surface area contributed by atoms with Gasteiger partial charge in [-0.25, -0.2) is 13.6 Å². The highest BCUT2D eigenvalue weighted by atomic mass is 32.2. The molecule has 1 atom stereocenters. The van der Waals surface area contributed by atoms with Gasteiger partial charge in [-0.3, -0.25) is 0 Å². The minimum atomic E-state index is -2.47. The smallest absolute Gasteiger partial charge is 0.228 e. The first-order valence-electron chi connectivity index (χ1n) is 11.9. The monoisotopic (exact) mass is 478 g/mol. The van der Waals surface area contributed by atoms with Gasteiger partial charge in [0.1, 0.15) is 5.82 Å². The average molecular weight is 479 g/mol. The Morgan fingerprint density at radius 3 is 2.82 bits per heavy atom. The Balaban J connectivity index is 1.39. The molecule has 0 spiro atoms. The fraction of sp³-hybridized carbons (Fsp3) is 0.440. The van der Waals surface area contributed by atoms with Gasteiger partial charge in [0.15, 0.2) is 0 Å². The molecule has 6 rings (SSSR count). The first kappa shape index (κ1) is 21.8. The molecule has 0 bridgehead atoms. The lowest BCUT2D eigenvalue weighted by Crippen LogP contribution is -2.61. The zero-order valence-electron chi connectivity index (χ0n) is 19.4. The molecule has 1 saturated carbocycles. The molecule has 34 heavy (non-hydrogen) atoms. The highest BCUT2D eigenvalue weighted by molar-refractivity contribution is 7.93. The summed E-state index contributed by atoms with van der Waals surface area (Å²) < 4.78 is 24.1. The van der Waals surface area contributed by atoms with Crippen LogP contribution in [0.4, 0.5) is 11.8 Å². The van der Waals surface area contributed by atoms with Crippen LogP contribution in [0, 0.1) is 6.92 Å². The number of anilines is 2. The summed E-state index contributed by atoms with van der Waals surface area (Å²) in [5.41, 5.74) is 9.04. The first-order chi connectivity index (χ1) is 16.4. The fourth-order valence-electron chi connectivity index (χ4n) is 4.51. The first-order valence-corrected chi connectivity index (χ1v) is 13.6. The molecule has 3 aliphatic rings. The minimum absolute atomic E-state index is 0.238. The molecule has 1 saturated heterocycles. The Bertz CT molecular complexity index is 1380. The van der Waals surface area contributed by atoms with E-state index < -0.39 is 9.73 Å². The quantitative estimate of drug-likeness (QED) is 0.580. The van der Waals surface area contributed by atoms with Gasteiger partial charge in [0.25, 0.3) is 0 Å². The number of rotatable bonds is 5. The van der Waals surface area contributed by atoms with E-state index in [9.17, 15) is 4.21 Å². The molecule has 0 radical (unpaired) electrons. The maximum atomic E-state index is 14.0. The van der Waals surface area contributed by atoms with Gasteiger partial charge < -0.3 is 20.7 Å². The highest BCUT2D eigenvalue weighted by Crippen LogP contribution is 2.33. The standard InChI is InChI=1S/C25H30N6O2S/c1-17-6-9-21-20(12-17)23(27-14-25(26)15-33-16-25)29-24(28-21)31-10-11-34(32,30-19-7-8-19)22-5-3-2-4-18(22)13-31/h2-6,9,12,19H,7-8,10-11,13-16,26H2,1H3,(H,27,28,29). The second kappa shape index (κ2) is 8.18. The van der Waals surface area contributed by atoms with E-state index in [1.165, 1.54) is 0 Å². The number of aromatic nitrogens is 2. The molecular weight excluding hydrogens is 448 g/mol. The lowest BCUT2D eigenvalue weighted by atomic mass is 9.99. The van der Waals surface area contributed by atoms with Crippen molar-refractivity contribution in [1.29, 1.82) is 0 Å². The summed E-state index contributed by atoms with van der Waals surface area (Å²) in [6, 6.07) is 14.4. The topological polar surface area (TPSA) is 106 Å². The molecule has 9 heteroatoms. The average Bonchev–Trinajstić information content (AvgIpc) is 3.64. The Hall–Kier alpha value is -2.75.